The number of nitrogens with zero attached hydrogens (tertiary/aromatic N) is 2. The Morgan fingerprint density at radius 1 is 1.00 bits per heavy atom. The third-order valence-electron chi connectivity index (χ3n) is 6.08. The Bertz CT molecular complexity index is 829. The van der Waals surface area contributed by atoms with Crippen molar-refractivity contribution in [3.8, 4) is 0 Å². The number of pyridine rings is 1. The van der Waals surface area contributed by atoms with Gasteiger partial charge in [-0.3, -0.25) is 14.6 Å². The molecule has 2 heterocycles. The number of nitrogens with one attached hydrogen (secondary N) is 1. The summed E-state index contributed by atoms with van der Waals surface area (Å²) in [6, 6.07) is 12.2. The molecule has 1 N–H and O–H groups in total. The smallest absolute Gasteiger partial charge is 0.225 e. The zero-order valence-corrected chi connectivity index (χ0v) is 16.1. The van der Waals surface area contributed by atoms with Crippen molar-refractivity contribution in [1.82, 2.24) is 15.2 Å². The van der Waals surface area contributed by atoms with Crippen LogP contribution in [0, 0.1) is 11.8 Å². The van der Waals surface area contributed by atoms with Gasteiger partial charge in [0, 0.05) is 43.9 Å². The summed E-state index contributed by atoms with van der Waals surface area (Å²) in [6.07, 6.45) is 7.63. The first-order valence-corrected chi connectivity index (χ1v) is 10.2. The molecule has 0 saturated heterocycles. The second-order valence-corrected chi connectivity index (χ2v) is 7.91. The van der Waals surface area contributed by atoms with Gasteiger partial charge < -0.3 is 10.2 Å². The lowest BCUT2D eigenvalue weighted by Gasteiger charge is -2.34. The molecule has 2 aliphatic rings. The predicted molar refractivity (Wildman–Crippen MR) is 107 cm³/mol. The highest BCUT2D eigenvalue weighted by Gasteiger charge is 2.33. The van der Waals surface area contributed by atoms with Crippen LogP contribution in [0.25, 0.3) is 0 Å². The Balaban J connectivity index is 1.26. The summed E-state index contributed by atoms with van der Waals surface area (Å²) in [4.78, 5) is 31.5. The van der Waals surface area contributed by atoms with E-state index in [2.05, 4.69) is 28.5 Å². The van der Waals surface area contributed by atoms with E-state index in [1.54, 1.807) is 12.4 Å². The van der Waals surface area contributed by atoms with E-state index in [9.17, 15) is 9.59 Å². The monoisotopic (exact) mass is 377 g/mol. The molecule has 146 valence electrons. The highest BCUT2D eigenvalue weighted by Crippen LogP contribution is 2.31. The zero-order chi connectivity index (χ0) is 19.3. The molecule has 28 heavy (non-hydrogen) atoms. The molecule has 1 aromatic heterocycles. The van der Waals surface area contributed by atoms with Crippen LogP contribution in [0.15, 0.2) is 48.8 Å². The maximum absolute atomic E-state index is 13.0. The number of carbonyl (C=O) groups is 2. The fraction of sp³-hybridized carbons (Fsp3) is 0.435. The van der Waals surface area contributed by atoms with Crippen molar-refractivity contribution in [2.24, 2.45) is 11.8 Å². The van der Waals surface area contributed by atoms with Crippen molar-refractivity contribution in [2.75, 3.05) is 6.54 Å². The second-order valence-electron chi connectivity index (χ2n) is 7.91. The number of hydrogen-bond acceptors (Lipinski definition) is 3. The van der Waals surface area contributed by atoms with E-state index in [1.807, 2.05) is 23.1 Å². The van der Waals surface area contributed by atoms with Crippen LogP contribution < -0.4 is 5.32 Å². The van der Waals surface area contributed by atoms with Crippen molar-refractivity contribution in [1.29, 1.82) is 0 Å². The summed E-state index contributed by atoms with van der Waals surface area (Å²) in [6.45, 7) is 2.04. The fourth-order valence-corrected chi connectivity index (χ4v) is 4.38. The van der Waals surface area contributed by atoms with Gasteiger partial charge >= 0.3 is 0 Å². The van der Waals surface area contributed by atoms with Gasteiger partial charge in [0.15, 0.2) is 0 Å². The molecule has 0 unspecified atom stereocenters. The number of benzene rings is 1. The minimum atomic E-state index is 0.0165. The number of amides is 2. The van der Waals surface area contributed by atoms with Crippen molar-refractivity contribution < 1.29 is 9.59 Å². The first-order valence-electron chi connectivity index (χ1n) is 10.2. The molecule has 1 aliphatic heterocycles. The molecule has 1 fully saturated rings. The number of carbonyl (C=O) groups excluding carboxylic acids is 2. The van der Waals surface area contributed by atoms with Crippen LogP contribution in [-0.2, 0) is 29.1 Å². The van der Waals surface area contributed by atoms with Crippen molar-refractivity contribution >= 4 is 11.8 Å². The van der Waals surface area contributed by atoms with Crippen LogP contribution in [0.5, 0.6) is 0 Å². The standard InChI is InChI=1S/C23H27N3O2/c27-22(25-15-17-4-3-12-24-14-17)19-7-9-20(10-8-19)23(28)26-13-11-18-5-1-2-6-21(18)16-26/h1-6,12,14,19-20H,7-11,13,15-16H2,(H,25,27). The normalized spacial score (nSPS) is 21.6. The van der Waals surface area contributed by atoms with Crippen molar-refractivity contribution in [3.05, 3.63) is 65.5 Å². The van der Waals surface area contributed by atoms with E-state index in [0.717, 1.165) is 50.8 Å². The van der Waals surface area contributed by atoms with E-state index in [1.165, 1.54) is 11.1 Å². The largest absolute Gasteiger partial charge is 0.352 e. The maximum atomic E-state index is 13.0. The second kappa shape index (κ2) is 8.55. The summed E-state index contributed by atoms with van der Waals surface area (Å²) in [7, 11) is 0. The molecule has 5 nitrogen and oxygen atoms in total. The molecule has 1 saturated carbocycles. The Kier molecular flexibility index (Phi) is 5.70. The lowest BCUT2D eigenvalue weighted by Crippen LogP contribution is -2.42. The van der Waals surface area contributed by atoms with Crippen molar-refractivity contribution in [2.45, 2.75) is 45.2 Å². The molecule has 4 rings (SSSR count). The van der Waals surface area contributed by atoms with Gasteiger partial charge in [-0.05, 0) is 54.9 Å². The van der Waals surface area contributed by atoms with Crippen LogP contribution in [0.2, 0.25) is 0 Å². The Labute approximate surface area is 166 Å². The van der Waals surface area contributed by atoms with E-state index >= 15 is 0 Å². The topological polar surface area (TPSA) is 62.3 Å². The molecule has 2 amide bonds. The summed E-state index contributed by atoms with van der Waals surface area (Å²) in [5.74, 6) is 0.445. The SMILES string of the molecule is O=C(NCc1cccnc1)C1CCC(C(=O)N2CCc3ccccc3C2)CC1. The van der Waals surface area contributed by atoms with Gasteiger partial charge in [0.1, 0.15) is 0 Å². The molecule has 2 aromatic rings. The average Bonchev–Trinajstić information content (AvgIpc) is 2.77. The molecule has 0 radical (unpaired) electrons. The minimum absolute atomic E-state index is 0.0165. The highest BCUT2D eigenvalue weighted by atomic mass is 16.2. The van der Waals surface area contributed by atoms with Gasteiger partial charge in [0.25, 0.3) is 0 Å². The van der Waals surface area contributed by atoms with Crippen molar-refractivity contribution in [3.63, 3.8) is 0 Å². The van der Waals surface area contributed by atoms with Crippen LogP contribution in [0.3, 0.4) is 0 Å². The van der Waals surface area contributed by atoms with Gasteiger partial charge in [-0.15, -0.1) is 0 Å². The van der Waals surface area contributed by atoms with Gasteiger partial charge in [-0.2, -0.15) is 0 Å². The van der Waals surface area contributed by atoms with E-state index in [0.29, 0.717) is 6.54 Å². The molecule has 1 aromatic carbocycles. The Hall–Kier alpha value is -2.69. The third kappa shape index (κ3) is 4.24. The van der Waals surface area contributed by atoms with Crippen LogP contribution in [0.1, 0.15) is 42.4 Å². The van der Waals surface area contributed by atoms with Gasteiger partial charge in [-0.25, -0.2) is 0 Å². The summed E-state index contributed by atoms with van der Waals surface area (Å²) in [5.41, 5.74) is 3.64. The first-order chi connectivity index (χ1) is 13.7. The predicted octanol–water partition coefficient (Wildman–Crippen LogP) is 3.09. The molecule has 0 atom stereocenters. The lowest BCUT2D eigenvalue weighted by atomic mass is 9.80. The summed E-state index contributed by atoms with van der Waals surface area (Å²) >= 11 is 0. The zero-order valence-electron chi connectivity index (χ0n) is 16.1. The van der Waals surface area contributed by atoms with Gasteiger partial charge in [-0.1, -0.05) is 30.3 Å². The van der Waals surface area contributed by atoms with Gasteiger partial charge in [0.2, 0.25) is 11.8 Å². The lowest BCUT2D eigenvalue weighted by molar-refractivity contribution is -0.139. The minimum Gasteiger partial charge on any atom is -0.352 e. The van der Waals surface area contributed by atoms with E-state index in [4.69, 9.17) is 0 Å². The maximum Gasteiger partial charge on any atom is 0.225 e. The molecule has 1 aliphatic carbocycles. The summed E-state index contributed by atoms with van der Waals surface area (Å²) in [5, 5.41) is 3.01. The van der Waals surface area contributed by atoms with Crippen LogP contribution in [0.4, 0.5) is 0 Å². The number of fused-ring (bicyclic) bond motifs is 1. The summed E-state index contributed by atoms with van der Waals surface area (Å²) < 4.78 is 0. The quantitative estimate of drug-likeness (QED) is 0.891. The Morgan fingerprint density at radius 2 is 1.75 bits per heavy atom. The van der Waals surface area contributed by atoms with Crippen LogP contribution >= 0.6 is 0 Å². The number of hydrogen-bond donors (Lipinski definition) is 1. The number of aromatic nitrogens is 1. The fourth-order valence-electron chi connectivity index (χ4n) is 4.38. The van der Waals surface area contributed by atoms with E-state index < -0.39 is 0 Å². The van der Waals surface area contributed by atoms with E-state index in [-0.39, 0.29) is 23.7 Å². The van der Waals surface area contributed by atoms with Crippen LogP contribution in [-0.4, -0.2) is 28.2 Å². The molecule has 0 spiro atoms. The first kappa shape index (κ1) is 18.7. The Morgan fingerprint density at radius 3 is 2.50 bits per heavy atom. The average molecular weight is 377 g/mol. The van der Waals surface area contributed by atoms with Gasteiger partial charge in [0.05, 0.1) is 0 Å². The molecular weight excluding hydrogens is 350 g/mol. The molecule has 0 bridgehead atoms. The third-order valence-corrected chi connectivity index (χ3v) is 6.08. The molecule has 5 heteroatoms. The highest BCUT2D eigenvalue weighted by molar-refractivity contribution is 5.81. The number of rotatable bonds is 4. The molecular formula is C23H27N3O2.